The molecule has 134 valence electrons. The average Bonchev–Trinajstić information content (AvgIpc) is 2.83. The van der Waals surface area contributed by atoms with E-state index in [9.17, 15) is 18.0 Å². The zero-order chi connectivity index (χ0) is 18.1. The Morgan fingerprint density at radius 2 is 2.12 bits per heavy atom. The van der Waals surface area contributed by atoms with E-state index in [1.54, 1.807) is 26.8 Å². The maximum atomic E-state index is 13.3. The van der Waals surface area contributed by atoms with Crippen molar-refractivity contribution in [3.05, 3.63) is 32.7 Å². The highest BCUT2D eigenvalue weighted by Gasteiger charge is 2.38. The fraction of sp³-hybridized carbons (Fsp3) is 0.571. The standard InChI is InChI=1S/C14H18F3N3O3S/c1-5-20-11(21)8(7-24-9-6-13(2,3)23-19-9)10(14(15,16)17)18-12(20)22-4/h6,19H,5,7H2,1-4H3. The highest BCUT2D eigenvalue weighted by molar-refractivity contribution is 8.02. The molecule has 0 amide bonds. The quantitative estimate of drug-likeness (QED) is 0.866. The van der Waals surface area contributed by atoms with Crippen LogP contribution in [0.4, 0.5) is 13.2 Å². The molecule has 0 aromatic carbocycles. The molecule has 2 rings (SSSR count). The van der Waals surface area contributed by atoms with Crippen molar-refractivity contribution >= 4 is 11.8 Å². The Bertz CT molecular complexity index is 714. The van der Waals surface area contributed by atoms with Crippen molar-refractivity contribution in [2.24, 2.45) is 0 Å². The second-order valence-electron chi connectivity index (χ2n) is 5.58. The number of halogens is 3. The number of ether oxygens (including phenoxy) is 1. The number of nitrogens with one attached hydrogen (secondary N) is 1. The molecule has 0 aliphatic carbocycles. The first-order valence-electron chi connectivity index (χ1n) is 7.13. The first-order chi connectivity index (χ1) is 11.1. The molecule has 1 aromatic heterocycles. The Morgan fingerprint density at radius 1 is 1.46 bits per heavy atom. The topological polar surface area (TPSA) is 65.4 Å². The van der Waals surface area contributed by atoms with Gasteiger partial charge >= 0.3 is 6.18 Å². The summed E-state index contributed by atoms with van der Waals surface area (Å²) in [5, 5.41) is 0.548. The fourth-order valence-electron chi connectivity index (χ4n) is 2.15. The Morgan fingerprint density at radius 3 is 2.58 bits per heavy atom. The summed E-state index contributed by atoms with van der Waals surface area (Å²) in [4.78, 5) is 21.2. The number of hydrogen-bond donors (Lipinski definition) is 1. The van der Waals surface area contributed by atoms with Crippen molar-refractivity contribution in [3.63, 3.8) is 0 Å². The molecule has 10 heteroatoms. The molecule has 0 spiro atoms. The number of rotatable bonds is 5. The van der Waals surface area contributed by atoms with E-state index < -0.39 is 28.6 Å². The van der Waals surface area contributed by atoms with E-state index in [1.165, 1.54) is 7.11 Å². The Balaban J connectivity index is 2.42. The molecule has 6 nitrogen and oxygen atoms in total. The van der Waals surface area contributed by atoms with Crippen molar-refractivity contribution in [1.82, 2.24) is 15.0 Å². The molecule has 2 heterocycles. The predicted molar refractivity (Wildman–Crippen MR) is 83.4 cm³/mol. The van der Waals surface area contributed by atoms with Gasteiger partial charge in [0, 0.05) is 12.3 Å². The molecule has 0 radical (unpaired) electrons. The summed E-state index contributed by atoms with van der Waals surface area (Å²) < 4.78 is 45.7. The monoisotopic (exact) mass is 365 g/mol. The lowest BCUT2D eigenvalue weighted by atomic mass is 10.1. The van der Waals surface area contributed by atoms with Crippen LogP contribution in [0.15, 0.2) is 15.9 Å². The van der Waals surface area contributed by atoms with Gasteiger partial charge in [0.15, 0.2) is 5.69 Å². The van der Waals surface area contributed by atoms with Gasteiger partial charge < -0.3 is 4.74 Å². The van der Waals surface area contributed by atoms with E-state index in [2.05, 4.69) is 10.5 Å². The Kier molecular flexibility index (Phi) is 5.19. The molecule has 0 unspecified atom stereocenters. The SMILES string of the molecule is CCn1c(OC)nc(C(F)(F)F)c(CSC2=CC(C)(C)ON2)c1=O. The summed E-state index contributed by atoms with van der Waals surface area (Å²) in [6.45, 7) is 5.39. The fourth-order valence-corrected chi connectivity index (χ4v) is 3.18. The van der Waals surface area contributed by atoms with E-state index in [4.69, 9.17) is 9.57 Å². The molecule has 0 saturated heterocycles. The summed E-state index contributed by atoms with van der Waals surface area (Å²) >= 11 is 1.05. The van der Waals surface area contributed by atoms with Crippen LogP contribution in [0.1, 0.15) is 32.0 Å². The van der Waals surface area contributed by atoms with E-state index in [-0.39, 0.29) is 18.3 Å². The van der Waals surface area contributed by atoms with Crippen LogP contribution in [0.25, 0.3) is 0 Å². The molecular formula is C14H18F3N3O3S. The van der Waals surface area contributed by atoms with E-state index in [1.807, 2.05) is 0 Å². The summed E-state index contributed by atoms with van der Waals surface area (Å²) in [5.41, 5.74) is -0.321. The zero-order valence-corrected chi connectivity index (χ0v) is 14.5. The first-order valence-corrected chi connectivity index (χ1v) is 8.12. The van der Waals surface area contributed by atoms with E-state index in [0.29, 0.717) is 5.03 Å². The molecule has 1 aliphatic heterocycles. The summed E-state index contributed by atoms with van der Waals surface area (Å²) in [6, 6.07) is -0.355. The minimum atomic E-state index is -4.75. The Hall–Kier alpha value is -1.68. The molecule has 0 fully saturated rings. The minimum absolute atomic E-state index is 0.155. The molecule has 0 atom stereocenters. The van der Waals surface area contributed by atoms with Crippen molar-refractivity contribution in [2.45, 2.75) is 44.8 Å². The third-order valence-corrected chi connectivity index (χ3v) is 4.21. The molecule has 1 aliphatic rings. The van der Waals surface area contributed by atoms with Crippen LogP contribution in [0.5, 0.6) is 6.01 Å². The molecule has 0 bridgehead atoms. The summed E-state index contributed by atoms with van der Waals surface area (Å²) in [5.74, 6) is -0.192. The van der Waals surface area contributed by atoms with Gasteiger partial charge in [0.05, 0.1) is 17.7 Å². The highest BCUT2D eigenvalue weighted by Crippen LogP contribution is 2.34. The van der Waals surface area contributed by atoms with Crippen molar-refractivity contribution in [3.8, 4) is 6.01 Å². The maximum absolute atomic E-state index is 13.3. The van der Waals surface area contributed by atoms with Crippen LogP contribution in [-0.4, -0.2) is 22.3 Å². The molecular weight excluding hydrogens is 347 g/mol. The number of nitrogens with zero attached hydrogens (tertiary/aromatic N) is 2. The van der Waals surface area contributed by atoms with Gasteiger partial charge in [-0.3, -0.25) is 19.7 Å². The first kappa shape index (κ1) is 18.7. The molecule has 1 N–H and O–H groups in total. The predicted octanol–water partition coefficient (Wildman–Crippen LogP) is 2.68. The van der Waals surface area contributed by atoms with Crippen LogP contribution in [0, 0.1) is 0 Å². The highest BCUT2D eigenvalue weighted by atomic mass is 32.2. The van der Waals surface area contributed by atoms with Crippen LogP contribution in [0.3, 0.4) is 0 Å². The Labute approximate surface area is 141 Å². The van der Waals surface area contributed by atoms with Gasteiger partial charge in [-0.2, -0.15) is 18.2 Å². The lowest BCUT2D eigenvalue weighted by Crippen LogP contribution is -2.30. The lowest BCUT2D eigenvalue weighted by molar-refractivity contribution is -0.142. The summed E-state index contributed by atoms with van der Waals surface area (Å²) in [6.07, 6.45) is -3.01. The van der Waals surface area contributed by atoms with Gasteiger partial charge in [-0.25, -0.2) is 0 Å². The average molecular weight is 365 g/mol. The minimum Gasteiger partial charge on any atom is -0.468 e. The van der Waals surface area contributed by atoms with Gasteiger partial charge in [-0.15, -0.1) is 11.8 Å². The van der Waals surface area contributed by atoms with Crippen LogP contribution in [-0.2, 0) is 23.3 Å². The lowest BCUT2D eigenvalue weighted by Gasteiger charge is -2.16. The van der Waals surface area contributed by atoms with Gasteiger partial charge in [-0.1, -0.05) is 0 Å². The van der Waals surface area contributed by atoms with Gasteiger partial charge in [0.2, 0.25) is 0 Å². The maximum Gasteiger partial charge on any atom is 0.434 e. The molecule has 0 saturated carbocycles. The number of aromatic nitrogens is 2. The van der Waals surface area contributed by atoms with Gasteiger partial charge in [-0.05, 0) is 26.8 Å². The van der Waals surface area contributed by atoms with Crippen molar-refractivity contribution < 1.29 is 22.7 Å². The van der Waals surface area contributed by atoms with Crippen LogP contribution >= 0.6 is 11.8 Å². The second kappa shape index (κ2) is 6.67. The largest absolute Gasteiger partial charge is 0.468 e. The number of alkyl halides is 3. The zero-order valence-electron chi connectivity index (χ0n) is 13.7. The number of hydroxylamine groups is 1. The smallest absolute Gasteiger partial charge is 0.434 e. The van der Waals surface area contributed by atoms with Gasteiger partial charge in [0.25, 0.3) is 11.6 Å². The van der Waals surface area contributed by atoms with Crippen molar-refractivity contribution in [2.75, 3.05) is 7.11 Å². The van der Waals surface area contributed by atoms with Crippen LogP contribution < -0.4 is 15.8 Å². The normalized spacial score (nSPS) is 16.7. The third kappa shape index (κ3) is 3.86. The number of thioether (sulfide) groups is 1. The van der Waals surface area contributed by atoms with Gasteiger partial charge in [0.1, 0.15) is 5.60 Å². The number of methoxy groups -OCH3 is 1. The van der Waals surface area contributed by atoms with Crippen molar-refractivity contribution in [1.29, 1.82) is 0 Å². The second-order valence-corrected chi connectivity index (χ2v) is 6.59. The van der Waals surface area contributed by atoms with E-state index in [0.717, 1.165) is 16.3 Å². The van der Waals surface area contributed by atoms with Crippen LogP contribution in [0.2, 0.25) is 0 Å². The molecule has 24 heavy (non-hydrogen) atoms. The number of hydrogen-bond acceptors (Lipinski definition) is 6. The summed E-state index contributed by atoms with van der Waals surface area (Å²) in [7, 11) is 1.18. The molecule has 1 aromatic rings. The third-order valence-electron chi connectivity index (χ3n) is 3.26. The van der Waals surface area contributed by atoms with E-state index >= 15 is 0 Å².